The van der Waals surface area contributed by atoms with Gasteiger partial charge in [-0.15, -0.1) is 0 Å². The summed E-state index contributed by atoms with van der Waals surface area (Å²) in [5, 5.41) is 3.37. The highest BCUT2D eigenvalue weighted by Gasteiger charge is 2.17. The molecule has 1 aliphatic heterocycles. The van der Waals surface area contributed by atoms with Crippen LogP contribution in [0.4, 0.5) is 0 Å². The standard InChI is InChI=1S/C16H25N3O/c1-2-19(13-15-5-3-4-10-18-15)16(20)7-6-14-8-11-17-12-9-14/h3-5,10,14,17H,2,6-9,11-13H2,1H3. The molecule has 0 aliphatic carbocycles. The van der Waals surface area contributed by atoms with E-state index in [0.29, 0.717) is 18.9 Å². The highest BCUT2D eigenvalue weighted by Crippen LogP contribution is 2.18. The van der Waals surface area contributed by atoms with Crippen LogP contribution >= 0.6 is 0 Å². The second-order valence-corrected chi connectivity index (χ2v) is 5.46. The molecule has 1 aromatic heterocycles. The van der Waals surface area contributed by atoms with E-state index in [9.17, 15) is 4.79 Å². The van der Waals surface area contributed by atoms with Gasteiger partial charge in [-0.2, -0.15) is 0 Å². The Kier molecular flexibility index (Phi) is 5.99. The maximum atomic E-state index is 12.3. The highest BCUT2D eigenvalue weighted by atomic mass is 16.2. The molecule has 0 bridgehead atoms. The Morgan fingerprint density at radius 1 is 1.40 bits per heavy atom. The molecule has 1 N–H and O–H groups in total. The van der Waals surface area contributed by atoms with Crippen LogP contribution in [-0.2, 0) is 11.3 Å². The molecule has 4 heteroatoms. The molecule has 0 aromatic carbocycles. The van der Waals surface area contributed by atoms with Crippen LogP contribution in [0.1, 0.15) is 38.3 Å². The van der Waals surface area contributed by atoms with E-state index in [1.165, 1.54) is 12.8 Å². The van der Waals surface area contributed by atoms with Gasteiger partial charge in [0.1, 0.15) is 0 Å². The summed E-state index contributed by atoms with van der Waals surface area (Å²) in [7, 11) is 0. The normalized spacial score (nSPS) is 16.1. The van der Waals surface area contributed by atoms with Crippen LogP contribution in [0.15, 0.2) is 24.4 Å². The predicted octanol–water partition coefficient (Wildman–Crippen LogP) is 2.21. The second-order valence-electron chi connectivity index (χ2n) is 5.46. The number of piperidine rings is 1. The van der Waals surface area contributed by atoms with Gasteiger partial charge in [0.15, 0.2) is 0 Å². The monoisotopic (exact) mass is 275 g/mol. The first-order valence-electron chi connectivity index (χ1n) is 7.68. The molecule has 2 rings (SSSR count). The average Bonchev–Trinajstić information content (AvgIpc) is 2.52. The molecule has 0 radical (unpaired) electrons. The Morgan fingerprint density at radius 2 is 2.20 bits per heavy atom. The van der Waals surface area contributed by atoms with Gasteiger partial charge in [-0.1, -0.05) is 6.07 Å². The van der Waals surface area contributed by atoms with Crippen molar-refractivity contribution in [2.75, 3.05) is 19.6 Å². The van der Waals surface area contributed by atoms with Gasteiger partial charge < -0.3 is 10.2 Å². The van der Waals surface area contributed by atoms with Crippen LogP contribution in [0, 0.1) is 5.92 Å². The zero-order chi connectivity index (χ0) is 14.2. The molecule has 0 saturated carbocycles. The lowest BCUT2D eigenvalue weighted by Gasteiger charge is -2.24. The first kappa shape index (κ1) is 15.0. The zero-order valence-electron chi connectivity index (χ0n) is 12.3. The molecule has 1 aliphatic rings. The van der Waals surface area contributed by atoms with Crippen LogP contribution in [0.2, 0.25) is 0 Å². The predicted molar refractivity (Wildman–Crippen MR) is 80.2 cm³/mol. The largest absolute Gasteiger partial charge is 0.337 e. The summed E-state index contributed by atoms with van der Waals surface area (Å²) in [6.07, 6.45) is 5.90. The fourth-order valence-corrected chi connectivity index (χ4v) is 2.72. The summed E-state index contributed by atoms with van der Waals surface area (Å²) in [6.45, 7) is 5.62. The van der Waals surface area contributed by atoms with Crippen LogP contribution in [0.25, 0.3) is 0 Å². The Labute approximate surface area is 121 Å². The van der Waals surface area contributed by atoms with E-state index in [1.807, 2.05) is 30.0 Å². The smallest absolute Gasteiger partial charge is 0.222 e. The molecular weight excluding hydrogens is 250 g/mol. The summed E-state index contributed by atoms with van der Waals surface area (Å²) >= 11 is 0. The highest BCUT2D eigenvalue weighted by molar-refractivity contribution is 5.76. The van der Waals surface area contributed by atoms with Crippen molar-refractivity contribution in [1.82, 2.24) is 15.2 Å². The first-order valence-corrected chi connectivity index (χ1v) is 7.68. The number of carbonyl (C=O) groups excluding carboxylic acids is 1. The van der Waals surface area contributed by atoms with Crippen molar-refractivity contribution in [3.8, 4) is 0 Å². The van der Waals surface area contributed by atoms with Crippen molar-refractivity contribution in [3.05, 3.63) is 30.1 Å². The summed E-state index contributed by atoms with van der Waals surface area (Å²) in [6, 6.07) is 5.84. The molecule has 2 heterocycles. The number of nitrogens with zero attached hydrogens (tertiary/aromatic N) is 2. The number of pyridine rings is 1. The molecule has 1 amide bonds. The van der Waals surface area contributed by atoms with Gasteiger partial charge in [-0.05, 0) is 57.3 Å². The fraction of sp³-hybridized carbons (Fsp3) is 0.625. The number of aromatic nitrogens is 1. The van der Waals surface area contributed by atoms with Crippen molar-refractivity contribution >= 4 is 5.91 Å². The lowest BCUT2D eigenvalue weighted by Crippen LogP contribution is -2.32. The maximum absolute atomic E-state index is 12.3. The van der Waals surface area contributed by atoms with Gasteiger partial charge in [0.05, 0.1) is 12.2 Å². The molecule has 1 fully saturated rings. The van der Waals surface area contributed by atoms with E-state index in [0.717, 1.165) is 31.7 Å². The van der Waals surface area contributed by atoms with Gasteiger partial charge in [0.2, 0.25) is 5.91 Å². The van der Waals surface area contributed by atoms with Crippen molar-refractivity contribution in [2.45, 2.75) is 39.2 Å². The SMILES string of the molecule is CCN(Cc1ccccn1)C(=O)CCC1CCNCC1. The third-order valence-electron chi connectivity index (χ3n) is 4.04. The number of carbonyl (C=O) groups is 1. The van der Waals surface area contributed by atoms with E-state index < -0.39 is 0 Å². The van der Waals surface area contributed by atoms with Crippen LogP contribution in [0.5, 0.6) is 0 Å². The second kappa shape index (κ2) is 8.00. The van der Waals surface area contributed by atoms with E-state index in [2.05, 4.69) is 10.3 Å². The minimum atomic E-state index is 0.261. The van der Waals surface area contributed by atoms with Gasteiger partial charge in [-0.3, -0.25) is 9.78 Å². The molecule has 1 aromatic rings. The number of hydrogen-bond donors (Lipinski definition) is 1. The number of nitrogens with one attached hydrogen (secondary N) is 1. The van der Waals surface area contributed by atoms with Gasteiger partial charge in [-0.25, -0.2) is 0 Å². The fourth-order valence-electron chi connectivity index (χ4n) is 2.72. The topological polar surface area (TPSA) is 45.2 Å². The third-order valence-corrected chi connectivity index (χ3v) is 4.04. The molecular formula is C16H25N3O. The van der Waals surface area contributed by atoms with Crippen LogP contribution in [0.3, 0.4) is 0 Å². The van der Waals surface area contributed by atoms with E-state index in [-0.39, 0.29) is 5.91 Å². The summed E-state index contributed by atoms with van der Waals surface area (Å²) in [5.41, 5.74) is 0.963. The molecule has 1 saturated heterocycles. The Hall–Kier alpha value is -1.42. The van der Waals surface area contributed by atoms with Crippen molar-refractivity contribution in [1.29, 1.82) is 0 Å². The Balaban J connectivity index is 1.79. The zero-order valence-corrected chi connectivity index (χ0v) is 12.3. The van der Waals surface area contributed by atoms with E-state index in [1.54, 1.807) is 6.20 Å². The number of amides is 1. The van der Waals surface area contributed by atoms with Gasteiger partial charge >= 0.3 is 0 Å². The van der Waals surface area contributed by atoms with Crippen molar-refractivity contribution in [2.24, 2.45) is 5.92 Å². The summed E-state index contributed by atoms with van der Waals surface area (Å²) in [4.78, 5) is 18.5. The number of hydrogen-bond acceptors (Lipinski definition) is 3. The molecule has 0 atom stereocenters. The lowest BCUT2D eigenvalue weighted by atomic mass is 9.93. The Morgan fingerprint density at radius 3 is 2.85 bits per heavy atom. The van der Waals surface area contributed by atoms with Crippen molar-refractivity contribution < 1.29 is 4.79 Å². The van der Waals surface area contributed by atoms with E-state index >= 15 is 0 Å². The quantitative estimate of drug-likeness (QED) is 0.866. The lowest BCUT2D eigenvalue weighted by molar-refractivity contribution is -0.132. The summed E-state index contributed by atoms with van der Waals surface area (Å²) in [5.74, 6) is 0.977. The third kappa shape index (κ3) is 4.60. The molecule has 0 unspecified atom stereocenters. The van der Waals surface area contributed by atoms with Crippen LogP contribution < -0.4 is 5.32 Å². The van der Waals surface area contributed by atoms with Crippen LogP contribution in [-0.4, -0.2) is 35.4 Å². The van der Waals surface area contributed by atoms with Gasteiger partial charge in [0.25, 0.3) is 0 Å². The average molecular weight is 275 g/mol. The molecule has 20 heavy (non-hydrogen) atoms. The van der Waals surface area contributed by atoms with Gasteiger partial charge in [0, 0.05) is 19.2 Å². The maximum Gasteiger partial charge on any atom is 0.222 e. The minimum absolute atomic E-state index is 0.261. The van der Waals surface area contributed by atoms with Crippen molar-refractivity contribution in [3.63, 3.8) is 0 Å². The first-order chi connectivity index (χ1) is 9.79. The minimum Gasteiger partial charge on any atom is -0.337 e. The van der Waals surface area contributed by atoms with E-state index in [4.69, 9.17) is 0 Å². The molecule has 110 valence electrons. The molecule has 4 nitrogen and oxygen atoms in total. The Bertz CT molecular complexity index is 401. The molecule has 0 spiro atoms. The summed E-state index contributed by atoms with van der Waals surface area (Å²) < 4.78 is 0. The number of rotatable bonds is 6.